The van der Waals surface area contributed by atoms with Crippen molar-refractivity contribution < 1.29 is 27.5 Å². The highest BCUT2D eigenvalue weighted by molar-refractivity contribution is 5.95. The fourth-order valence-electron chi connectivity index (χ4n) is 2.10. The molecule has 0 saturated carbocycles. The standard InChI is InChI=1S/C19H16F3N3O3/c20-19(21,22)13-6-5-7-14(12-13)25-18(27)24-10-3-4-11-28-16-9-2-1-8-15(16)17(23)26/h1-2,5-9,12H,10-11H2,(H2,23,26)(H2,24,25,27). The maximum Gasteiger partial charge on any atom is 0.416 e. The largest absolute Gasteiger partial charge is 0.480 e. The summed E-state index contributed by atoms with van der Waals surface area (Å²) in [6, 6.07) is 9.98. The predicted molar refractivity (Wildman–Crippen MR) is 96.7 cm³/mol. The maximum atomic E-state index is 12.6. The van der Waals surface area contributed by atoms with Gasteiger partial charge in [-0.25, -0.2) is 4.79 Å². The molecule has 0 saturated heterocycles. The van der Waals surface area contributed by atoms with Crippen molar-refractivity contribution in [2.45, 2.75) is 6.18 Å². The number of nitrogens with two attached hydrogens (primary N) is 1. The molecule has 0 unspecified atom stereocenters. The molecule has 0 radical (unpaired) electrons. The van der Waals surface area contributed by atoms with E-state index in [0.29, 0.717) is 5.75 Å². The summed E-state index contributed by atoms with van der Waals surface area (Å²) in [6.45, 7) is -0.0904. The summed E-state index contributed by atoms with van der Waals surface area (Å²) in [5.41, 5.74) is 4.59. The number of benzene rings is 2. The molecule has 4 N–H and O–H groups in total. The number of hydrogen-bond donors (Lipinski definition) is 3. The molecular formula is C19H16F3N3O3. The molecule has 6 nitrogen and oxygen atoms in total. The number of hydrogen-bond acceptors (Lipinski definition) is 3. The van der Waals surface area contributed by atoms with Gasteiger partial charge in [0.15, 0.2) is 0 Å². The van der Waals surface area contributed by atoms with Gasteiger partial charge in [0.2, 0.25) is 0 Å². The second-order valence-electron chi connectivity index (χ2n) is 5.39. The molecule has 0 aliphatic heterocycles. The molecule has 0 atom stereocenters. The number of ether oxygens (including phenoxy) is 1. The van der Waals surface area contributed by atoms with Crippen LogP contribution < -0.4 is 21.1 Å². The van der Waals surface area contributed by atoms with Crippen LogP contribution >= 0.6 is 0 Å². The molecular weight excluding hydrogens is 375 g/mol. The van der Waals surface area contributed by atoms with Gasteiger partial charge in [0.25, 0.3) is 5.91 Å². The lowest BCUT2D eigenvalue weighted by Gasteiger charge is -2.09. The Labute approximate surface area is 158 Å². The van der Waals surface area contributed by atoms with Crippen LogP contribution in [0.25, 0.3) is 0 Å². The number of alkyl halides is 3. The zero-order chi connectivity index (χ0) is 20.6. The average molecular weight is 391 g/mol. The summed E-state index contributed by atoms with van der Waals surface area (Å²) < 4.78 is 43.2. The van der Waals surface area contributed by atoms with Crippen LogP contribution in [0.15, 0.2) is 48.5 Å². The smallest absolute Gasteiger partial charge is 0.416 e. The third-order valence-corrected chi connectivity index (χ3v) is 3.36. The van der Waals surface area contributed by atoms with Crippen molar-refractivity contribution >= 4 is 17.6 Å². The number of carbonyl (C=O) groups is 2. The van der Waals surface area contributed by atoms with Crippen molar-refractivity contribution in [3.05, 3.63) is 59.7 Å². The fraction of sp³-hybridized carbons (Fsp3) is 0.158. The quantitative estimate of drug-likeness (QED) is 0.684. The zero-order valence-electron chi connectivity index (χ0n) is 14.5. The first-order chi connectivity index (χ1) is 13.3. The van der Waals surface area contributed by atoms with Gasteiger partial charge in [0, 0.05) is 5.69 Å². The van der Waals surface area contributed by atoms with Crippen molar-refractivity contribution in [2.24, 2.45) is 5.73 Å². The third kappa shape index (κ3) is 6.25. The Balaban J connectivity index is 1.79. The number of halogens is 3. The molecule has 0 bridgehead atoms. The van der Waals surface area contributed by atoms with E-state index >= 15 is 0 Å². The van der Waals surface area contributed by atoms with E-state index in [1.165, 1.54) is 18.2 Å². The molecule has 0 aliphatic rings. The van der Waals surface area contributed by atoms with Crippen molar-refractivity contribution in [1.29, 1.82) is 0 Å². The molecule has 2 aromatic rings. The van der Waals surface area contributed by atoms with E-state index in [4.69, 9.17) is 10.5 Å². The summed E-state index contributed by atoms with van der Waals surface area (Å²) in [5, 5.41) is 4.67. The Hall–Kier alpha value is -3.67. The van der Waals surface area contributed by atoms with Crippen molar-refractivity contribution in [1.82, 2.24) is 5.32 Å². The predicted octanol–water partition coefficient (Wildman–Crippen LogP) is 3.01. The second kappa shape index (κ2) is 9.32. The summed E-state index contributed by atoms with van der Waals surface area (Å²) in [5.74, 6) is 4.91. The summed E-state index contributed by atoms with van der Waals surface area (Å²) in [6.07, 6.45) is -4.49. The Morgan fingerprint density at radius 3 is 2.54 bits per heavy atom. The number of anilines is 1. The van der Waals surface area contributed by atoms with Crippen LogP contribution in [-0.2, 0) is 6.18 Å². The molecule has 0 fully saturated rings. The van der Waals surface area contributed by atoms with Crippen molar-refractivity contribution in [2.75, 3.05) is 18.5 Å². The molecule has 0 aromatic heterocycles. The van der Waals surface area contributed by atoms with E-state index in [2.05, 4.69) is 22.5 Å². The topological polar surface area (TPSA) is 93.5 Å². The Kier molecular flexibility index (Phi) is 6.87. The molecule has 0 heterocycles. The molecule has 0 spiro atoms. The minimum absolute atomic E-state index is 0.00618. The number of nitrogens with one attached hydrogen (secondary N) is 2. The van der Waals surface area contributed by atoms with E-state index in [9.17, 15) is 22.8 Å². The molecule has 0 aliphatic carbocycles. The molecule has 3 amide bonds. The van der Waals surface area contributed by atoms with Gasteiger partial charge in [0.05, 0.1) is 17.7 Å². The summed E-state index contributed by atoms with van der Waals surface area (Å²) in [7, 11) is 0. The van der Waals surface area contributed by atoms with E-state index in [1.54, 1.807) is 18.2 Å². The van der Waals surface area contributed by atoms with E-state index in [-0.39, 0.29) is 24.4 Å². The van der Waals surface area contributed by atoms with Crippen LogP contribution in [0, 0.1) is 11.8 Å². The van der Waals surface area contributed by atoms with Crippen LogP contribution in [-0.4, -0.2) is 25.1 Å². The normalized spacial score (nSPS) is 10.4. The fourth-order valence-corrected chi connectivity index (χ4v) is 2.10. The van der Waals surface area contributed by atoms with Crippen LogP contribution in [0.5, 0.6) is 5.75 Å². The van der Waals surface area contributed by atoms with E-state index in [0.717, 1.165) is 12.1 Å². The number of urea groups is 1. The highest BCUT2D eigenvalue weighted by Crippen LogP contribution is 2.30. The van der Waals surface area contributed by atoms with Crippen LogP contribution in [0.1, 0.15) is 15.9 Å². The van der Waals surface area contributed by atoms with Crippen molar-refractivity contribution in [3.63, 3.8) is 0 Å². The number of primary amides is 1. The molecule has 2 aromatic carbocycles. The lowest BCUT2D eigenvalue weighted by molar-refractivity contribution is -0.137. The first kappa shape index (κ1) is 20.6. The van der Waals surface area contributed by atoms with Gasteiger partial charge in [-0.15, -0.1) is 0 Å². The Bertz CT molecular complexity index is 918. The second-order valence-corrected chi connectivity index (χ2v) is 5.39. The molecule has 28 heavy (non-hydrogen) atoms. The highest BCUT2D eigenvalue weighted by atomic mass is 19.4. The van der Waals surface area contributed by atoms with Crippen molar-refractivity contribution in [3.8, 4) is 17.6 Å². The number of amides is 3. The SMILES string of the molecule is NC(=O)c1ccccc1OCC#CCNC(=O)Nc1cccc(C(F)(F)F)c1. The van der Waals surface area contributed by atoms with Gasteiger partial charge in [-0.2, -0.15) is 13.2 Å². The zero-order valence-corrected chi connectivity index (χ0v) is 14.5. The van der Waals surface area contributed by atoms with E-state index in [1.807, 2.05) is 0 Å². The minimum atomic E-state index is -4.49. The Morgan fingerprint density at radius 1 is 1.07 bits per heavy atom. The van der Waals surface area contributed by atoms with E-state index < -0.39 is 23.7 Å². The molecule has 2 rings (SSSR count). The number of rotatable bonds is 5. The van der Waals surface area contributed by atoms with Gasteiger partial charge >= 0.3 is 12.2 Å². The summed E-state index contributed by atoms with van der Waals surface area (Å²) >= 11 is 0. The van der Waals surface area contributed by atoms with Gasteiger partial charge in [0.1, 0.15) is 12.4 Å². The van der Waals surface area contributed by atoms with Gasteiger partial charge in [-0.1, -0.05) is 30.0 Å². The first-order valence-corrected chi connectivity index (χ1v) is 7.97. The highest BCUT2D eigenvalue weighted by Gasteiger charge is 2.30. The number of para-hydroxylation sites is 1. The monoisotopic (exact) mass is 391 g/mol. The minimum Gasteiger partial charge on any atom is -0.480 e. The van der Waals surface area contributed by atoms with Gasteiger partial charge in [-0.3, -0.25) is 4.79 Å². The van der Waals surface area contributed by atoms with Crippen LogP contribution in [0.4, 0.5) is 23.7 Å². The third-order valence-electron chi connectivity index (χ3n) is 3.36. The average Bonchev–Trinajstić information content (AvgIpc) is 2.64. The first-order valence-electron chi connectivity index (χ1n) is 7.97. The van der Waals surface area contributed by atoms with Gasteiger partial charge in [-0.05, 0) is 30.3 Å². The Morgan fingerprint density at radius 2 is 1.82 bits per heavy atom. The lowest BCUT2D eigenvalue weighted by atomic mass is 10.2. The maximum absolute atomic E-state index is 12.6. The number of carbonyl (C=O) groups excluding carboxylic acids is 2. The molecule has 146 valence electrons. The van der Waals surface area contributed by atoms with Crippen LogP contribution in [0.3, 0.4) is 0 Å². The van der Waals surface area contributed by atoms with Gasteiger partial charge < -0.3 is 21.1 Å². The summed E-state index contributed by atoms with van der Waals surface area (Å²) in [4.78, 5) is 22.9. The van der Waals surface area contributed by atoms with Crippen LogP contribution in [0.2, 0.25) is 0 Å². The molecule has 9 heteroatoms. The lowest BCUT2D eigenvalue weighted by Crippen LogP contribution is -2.29.